The van der Waals surface area contributed by atoms with Crippen molar-refractivity contribution in [1.29, 1.82) is 0 Å². The highest BCUT2D eigenvalue weighted by Crippen LogP contribution is 2.43. The van der Waals surface area contributed by atoms with E-state index >= 15 is 0 Å². The van der Waals surface area contributed by atoms with Crippen molar-refractivity contribution in [2.75, 3.05) is 6.61 Å². The predicted octanol–water partition coefficient (Wildman–Crippen LogP) is 17.5. The van der Waals surface area contributed by atoms with Crippen LogP contribution in [0.3, 0.4) is 0 Å². The molecule has 0 bridgehead atoms. The molecule has 0 aliphatic rings. The molecule has 0 atom stereocenters. The van der Waals surface area contributed by atoms with Crippen molar-refractivity contribution in [3.05, 3.63) is 28.3 Å². The Morgan fingerprint density at radius 1 is 0.482 bits per heavy atom. The number of benzene rings is 1. The van der Waals surface area contributed by atoms with Gasteiger partial charge in [0.15, 0.2) is 0 Å². The molecule has 0 saturated carbocycles. The van der Waals surface area contributed by atoms with Crippen molar-refractivity contribution in [2.24, 2.45) is 0 Å². The average Bonchev–Trinajstić information content (AvgIpc) is 3.14. The highest BCUT2D eigenvalue weighted by atomic mass is 16.5. The molecule has 0 unspecified atom stereocenters. The van der Waals surface area contributed by atoms with Crippen molar-refractivity contribution < 1.29 is 14.6 Å². The molecule has 56 heavy (non-hydrogen) atoms. The Morgan fingerprint density at radius 2 is 0.821 bits per heavy atom. The van der Waals surface area contributed by atoms with Gasteiger partial charge in [0, 0.05) is 12.0 Å². The number of unbranched alkanes of at least 4 members (excludes halogenated alkanes) is 30. The number of phenolic OH excluding ortho intramolecular Hbond substituents is 1. The summed E-state index contributed by atoms with van der Waals surface area (Å²) in [5.41, 5.74) is 4.23. The first-order valence-electron chi connectivity index (χ1n) is 25.0. The Balaban J connectivity index is 2.44. The molecule has 0 radical (unpaired) electrons. The molecule has 0 saturated heterocycles. The summed E-state index contributed by atoms with van der Waals surface area (Å²) in [7, 11) is 0. The second-order valence-corrected chi connectivity index (χ2v) is 19.9. The van der Waals surface area contributed by atoms with Crippen LogP contribution in [-0.2, 0) is 33.2 Å². The number of carbonyl (C=O) groups is 1. The third-order valence-electron chi connectivity index (χ3n) is 12.2. The van der Waals surface area contributed by atoms with Gasteiger partial charge in [-0.05, 0) is 53.2 Å². The molecule has 0 heterocycles. The van der Waals surface area contributed by atoms with Gasteiger partial charge in [0.1, 0.15) is 5.75 Å². The molecule has 3 nitrogen and oxygen atoms in total. The van der Waals surface area contributed by atoms with Crippen LogP contribution < -0.4 is 0 Å². The Labute approximate surface area is 351 Å². The Bertz CT molecular complexity index is 1070. The van der Waals surface area contributed by atoms with Gasteiger partial charge in [-0.15, -0.1) is 0 Å². The van der Waals surface area contributed by atoms with Gasteiger partial charge in [-0.25, -0.2) is 0 Å². The maximum Gasteiger partial charge on any atom is 0.306 e. The summed E-state index contributed by atoms with van der Waals surface area (Å²) < 4.78 is 5.75. The lowest BCUT2D eigenvalue weighted by molar-refractivity contribution is -0.143. The molecule has 0 spiro atoms. The van der Waals surface area contributed by atoms with Gasteiger partial charge in [-0.2, -0.15) is 0 Å². The van der Waals surface area contributed by atoms with Crippen molar-refractivity contribution >= 4 is 5.97 Å². The van der Waals surface area contributed by atoms with Crippen molar-refractivity contribution in [2.45, 2.75) is 291 Å². The number of hydrogen-bond donors (Lipinski definition) is 1. The third-order valence-corrected chi connectivity index (χ3v) is 12.2. The summed E-state index contributed by atoms with van der Waals surface area (Å²) in [6, 6.07) is 2.22. The molecule has 3 heteroatoms. The van der Waals surface area contributed by atoms with E-state index in [1.807, 2.05) is 0 Å². The lowest BCUT2D eigenvalue weighted by Gasteiger charge is -2.31. The highest BCUT2D eigenvalue weighted by Gasteiger charge is 2.30. The van der Waals surface area contributed by atoms with Crippen LogP contribution in [0.15, 0.2) is 6.07 Å². The molecular formula is C53H98O3. The molecular weight excluding hydrogens is 685 g/mol. The molecule has 0 fully saturated rings. The van der Waals surface area contributed by atoms with Crippen LogP contribution in [0, 0.1) is 0 Å². The highest BCUT2D eigenvalue weighted by molar-refractivity contribution is 5.70. The Morgan fingerprint density at radius 3 is 1.16 bits per heavy atom. The Hall–Kier alpha value is -1.51. The molecule has 1 rings (SSSR count). The lowest BCUT2D eigenvalue weighted by atomic mass is 9.74. The maximum absolute atomic E-state index is 13.0. The van der Waals surface area contributed by atoms with E-state index in [0.717, 1.165) is 36.8 Å². The summed E-state index contributed by atoms with van der Waals surface area (Å²) in [5, 5.41) is 11.7. The predicted molar refractivity (Wildman–Crippen MR) is 248 cm³/mol. The zero-order valence-electron chi connectivity index (χ0n) is 39.3. The second-order valence-electron chi connectivity index (χ2n) is 19.9. The fraction of sp³-hybridized carbons (Fsp3) is 0.868. The number of aromatic hydroxyl groups is 1. The minimum Gasteiger partial charge on any atom is -0.507 e. The number of ether oxygens (including phenoxy) is 1. The van der Waals surface area contributed by atoms with Gasteiger partial charge in [0.05, 0.1) is 6.61 Å². The molecule has 0 amide bonds. The van der Waals surface area contributed by atoms with Gasteiger partial charge in [-0.3, -0.25) is 4.79 Å². The first-order chi connectivity index (χ1) is 26.9. The quantitative estimate of drug-likeness (QED) is 0.0540. The SMILES string of the molecule is CCCCCCCCCCCCCCCCCCOC(=O)CCc1cc(C(C)(C)C)c(O)c(C(C)(C)C)c1CCCCCCCCCCCCCCCCCC. The fourth-order valence-corrected chi connectivity index (χ4v) is 8.65. The van der Waals surface area contributed by atoms with E-state index in [-0.39, 0.29) is 16.8 Å². The molecule has 328 valence electrons. The number of phenols is 1. The molecule has 1 aromatic carbocycles. The number of esters is 1. The normalized spacial score (nSPS) is 12.1. The van der Waals surface area contributed by atoms with E-state index in [1.165, 1.54) is 197 Å². The second kappa shape index (κ2) is 33.3. The zero-order valence-corrected chi connectivity index (χ0v) is 39.3. The van der Waals surface area contributed by atoms with Gasteiger partial charge < -0.3 is 9.84 Å². The van der Waals surface area contributed by atoms with E-state index in [4.69, 9.17) is 4.74 Å². The third kappa shape index (κ3) is 26.5. The summed E-state index contributed by atoms with van der Waals surface area (Å²) >= 11 is 0. The zero-order chi connectivity index (χ0) is 41.3. The van der Waals surface area contributed by atoms with Crippen LogP contribution in [0.25, 0.3) is 0 Å². The lowest BCUT2D eigenvalue weighted by Crippen LogP contribution is -2.21. The van der Waals surface area contributed by atoms with Gasteiger partial charge in [-0.1, -0.05) is 254 Å². The molecule has 1 N–H and O–H groups in total. The summed E-state index contributed by atoms with van der Waals surface area (Å²) in [6.45, 7) is 18.3. The van der Waals surface area contributed by atoms with Crippen LogP contribution in [0.1, 0.15) is 290 Å². The Kier molecular flexibility index (Phi) is 31.3. The fourth-order valence-electron chi connectivity index (χ4n) is 8.65. The maximum atomic E-state index is 13.0. The minimum absolute atomic E-state index is 0.0815. The van der Waals surface area contributed by atoms with Gasteiger partial charge in [0.2, 0.25) is 0 Å². The van der Waals surface area contributed by atoms with E-state index in [1.54, 1.807) is 0 Å². The molecule has 1 aromatic rings. The number of carbonyl (C=O) groups excluding carboxylic acids is 1. The van der Waals surface area contributed by atoms with E-state index in [9.17, 15) is 9.90 Å². The standard InChI is InChI=1S/C53H98O3/c1-9-11-13-15-17-19-21-23-25-27-29-31-33-35-37-39-41-47-46(45-48(52(3,4)5)51(55)50(47)53(6,7)8)42-43-49(54)56-44-40-38-36-34-32-30-28-26-24-22-20-18-16-14-12-10-2/h45,55H,9-44H2,1-8H3. The molecule has 0 aromatic heterocycles. The van der Waals surface area contributed by atoms with E-state index in [2.05, 4.69) is 61.5 Å². The first kappa shape index (κ1) is 52.5. The van der Waals surface area contributed by atoms with Crippen LogP contribution >= 0.6 is 0 Å². The van der Waals surface area contributed by atoms with Crippen LogP contribution in [0.5, 0.6) is 5.75 Å². The monoisotopic (exact) mass is 783 g/mol. The smallest absolute Gasteiger partial charge is 0.306 e. The first-order valence-corrected chi connectivity index (χ1v) is 25.0. The van der Waals surface area contributed by atoms with Crippen LogP contribution in [0.2, 0.25) is 0 Å². The van der Waals surface area contributed by atoms with Gasteiger partial charge >= 0.3 is 5.97 Å². The summed E-state index contributed by atoms with van der Waals surface area (Å²) in [4.78, 5) is 13.0. The summed E-state index contributed by atoms with van der Waals surface area (Å²) in [6.07, 6.45) is 45.4. The summed E-state index contributed by atoms with van der Waals surface area (Å²) in [5.74, 6) is 0.383. The van der Waals surface area contributed by atoms with E-state index in [0.29, 0.717) is 25.2 Å². The molecule has 0 aliphatic carbocycles. The van der Waals surface area contributed by atoms with Crippen molar-refractivity contribution in [3.63, 3.8) is 0 Å². The number of aryl methyl sites for hydroxylation is 1. The number of rotatable bonds is 37. The van der Waals surface area contributed by atoms with E-state index < -0.39 is 0 Å². The van der Waals surface area contributed by atoms with Crippen LogP contribution in [0.4, 0.5) is 0 Å². The largest absolute Gasteiger partial charge is 0.507 e. The van der Waals surface area contributed by atoms with Gasteiger partial charge in [0.25, 0.3) is 0 Å². The topological polar surface area (TPSA) is 46.5 Å². The number of hydrogen-bond acceptors (Lipinski definition) is 3. The van der Waals surface area contributed by atoms with Crippen molar-refractivity contribution in [3.8, 4) is 5.75 Å². The average molecular weight is 783 g/mol. The van der Waals surface area contributed by atoms with Crippen molar-refractivity contribution in [1.82, 2.24) is 0 Å². The molecule has 0 aliphatic heterocycles. The van der Waals surface area contributed by atoms with Crippen LogP contribution in [-0.4, -0.2) is 17.7 Å². The minimum atomic E-state index is -0.182.